The molecule has 0 aliphatic carbocycles. The van der Waals surface area contributed by atoms with E-state index >= 15 is 0 Å². The first-order chi connectivity index (χ1) is 8.56. The maximum absolute atomic E-state index is 13.1. The predicted octanol–water partition coefficient (Wildman–Crippen LogP) is 4.19. The molecule has 0 saturated carbocycles. The van der Waals surface area contributed by atoms with Crippen LogP contribution in [0.15, 0.2) is 36.4 Å². The van der Waals surface area contributed by atoms with Gasteiger partial charge in [0.1, 0.15) is 11.6 Å². The molecule has 0 unspecified atom stereocenters. The molecule has 0 aliphatic rings. The second kappa shape index (κ2) is 5.17. The maximum Gasteiger partial charge on any atom is 0.125 e. The highest BCUT2D eigenvalue weighted by Crippen LogP contribution is 2.18. The number of anilines is 1. The molecule has 0 bridgehead atoms. The number of benzene rings is 2. The zero-order valence-corrected chi connectivity index (χ0v) is 10.4. The Kier molecular flexibility index (Phi) is 3.60. The van der Waals surface area contributed by atoms with Crippen molar-refractivity contribution in [1.82, 2.24) is 0 Å². The molecule has 0 amide bonds. The first kappa shape index (κ1) is 12.6. The molecule has 94 valence electrons. The minimum Gasteiger partial charge on any atom is -0.381 e. The Bertz CT molecular complexity index is 564. The fourth-order valence-corrected chi connectivity index (χ4v) is 1.83. The van der Waals surface area contributed by atoms with Crippen LogP contribution in [0.25, 0.3) is 0 Å². The Balaban J connectivity index is 2.13. The first-order valence-corrected chi connectivity index (χ1v) is 5.81. The Hall–Kier alpha value is -1.90. The van der Waals surface area contributed by atoms with Crippen LogP contribution < -0.4 is 5.32 Å². The monoisotopic (exact) mass is 247 g/mol. The lowest BCUT2D eigenvalue weighted by Crippen LogP contribution is -2.03. The van der Waals surface area contributed by atoms with Gasteiger partial charge in [0, 0.05) is 12.2 Å². The largest absolute Gasteiger partial charge is 0.381 e. The van der Waals surface area contributed by atoms with Gasteiger partial charge in [0.25, 0.3) is 0 Å². The molecular weight excluding hydrogens is 232 g/mol. The van der Waals surface area contributed by atoms with Crippen LogP contribution in [0.5, 0.6) is 0 Å². The molecule has 1 N–H and O–H groups in total. The van der Waals surface area contributed by atoms with E-state index in [1.54, 1.807) is 12.1 Å². The van der Waals surface area contributed by atoms with Gasteiger partial charge in [-0.15, -0.1) is 0 Å². The summed E-state index contributed by atoms with van der Waals surface area (Å²) in [7, 11) is 0. The molecule has 18 heavy (non-hydrogen) atoms. The molecule has 0 aromatic heterocycles. The summed E-state index contributed by atoms with van der Waals surface area (Å²) >= 11 is 0. The van der Waals surface area contributed by atoms with E-state index < -0.39 is 0 Å². The van der Waals surface area contributed by atoms with Crippen LogP contribution in [0, 0.1) is 25.5 Å². The van der Waals surface area contributed by atoms with Crippen LogP contribution in [0.4, 0.5) is 14.5 Å². The van der Waals surface area contributed by atoms with Crippen molar-refractivity contribution < 1.29 is 8.78 Å². The van der Waals surface area contributed by atoms with Crippen LogP contribution in [-0.4, -0.2) is 0 Å². The third-order valence-corrected chi connectivity index (χ3v) is 2.97. The van der Waals surface area contributed by atoms with Gasteiger partial charge in [-0.2, -0.15) is 0 Å². The van der Waals surface area contributed by atoms with Crippen molar-refractivity contribution in [1.29, 1.82) is 0 Å². The predicted molar refractivity (Wildman–Crippen MR) is 69.6 cm³/mol. The highest BCUT2D eigenvalue weighted by atomic mass is 19.1. The summed E-state index contributed by atoms with van der Waals surface area (Å²) in [4.78, 5) is 0. The molecule has 0 atom stereocenters. The minimum absolute atomic E-state index is 0.238. The molecular formula is C15H15F2N. The van der Waals surface area contributed by atoms with Gasteiger partial charge in [0.2, 0.25) is 0 Å². The third kappa shape index (κ3) is 2.86. The van der Waals surface area contributed by atoms with Crippen molar-refractivity contribution in [3.63, 3.8) is 0 Å². The molecule has 0 aliphatic heterocycles. The lowest BCUT2D eigenvalue weighted by atomic mass is 10.1. The van der Waals surface area contributed by atoms with E-state index in [-0.39, 0.29) is 11.6 Å². The average Bonchev–Trinajstić information content (AvgIpc) is 2.32. The second-order valence-corrected chi connectivity index (χ2v) is 4.38. The summed E-state index contributed by atoms with van der Waals surface area (Å²) in [6.45, 7) is 4.33. The van der Waals surface area contributed by atoms with Crippen LogP contribution in [0.3, 0.4) is 0 Å². The van der Waals surface area contributed by atoms with Gasteiger partial charge in [-0.1, -0.05) is 12.1 Å². The average molecular weight is 247 g/mol. The zero-order valence-electron chi connectivity index (χ0n) is 10.4. The van der Waals surface area contributed by atoms with E-state index in [1.807, 2.05) is 13.8 Å². The summed E-state index contributed by atoms with van der Waals surface area (Å²) in [5, 5.41) is 3.17. The number of nitrogens with one attached hydrogen (secondary N) is 1. The third-order valence-electron chi connectivity index (χ3n) is 2.97. The lowest BCUT2D eigenvalue weighted by Gasteiger charge is -2.11. The summed E-state index contributed by atoms with van der Waals surface area (Å²) in [5.74, 6) is -0.503. The quantitative estimate of drug-likeness (QED) is 0.857. The Morgan fingerprint density at radius 3 is 2.28 bits per heavy atom. The second-order valence-electron chi connectivity index (χ2n) is 4.38. The number of rotatable bonds is 3. The molecule has 2 rings (SSSR count). The molecule has 0 radical (unpaired) electrons. The van der Waals surface area contributed by atoms with Gasteiger partial charge >= 0.3 is 0 Å². The van der Waals surface area contributed by atoms with E-state index in [9.17, 15) is 8.78 Å². The summed E-state index contributed by atoms with van der Waals surface area (Å²) < 4.78 is 26.1. The molecule has 1 nitrogen and oxygen atoms in total. The maximum atomic E-state index is 13.1. The first-order valence-electron chi connectivity index (χ1n) is 5.81. The lowest BCUT2D eigenvalue weighted by molar-refractivity contribution is 0.625. The SMILES string of the molecule is Cc1cc(F)ccc1CNc1cc(F)ccc1C. The van der Waals surface area contributed by atoms with Gasteiger partial charge in [-0.3, -0.25) is 0 Å². The van der Waals surface area contributed by atoms with Gasteiger partial charge in [0.15, 0.2) is 0 Å². The Labute approximate surface area is 105 Å². The number of hydrogen-bond acceptors (Lipinski definition) is 1. The van der Waals surface area contributed by atoms with Crippen molar-refractivity contribution in [3.05, 3.63) is 64.7 Å². The zero-order chi connectivity index (χ0) is 13.1. The van der Waals surface area contributed by atoms with Crippen molar-refractivity contribution in [3.8, 4) is 0 Å². The topological polar surface area (TPSA) is 12.0 Å². The van der Waals surface area contributed by atoms with E-state index in [0.29, 0.717) is 6.54 Å². The molecule has 2 aromatic rings. The number of aryl methyl sites for hydroxylation is 2. The standard InChI is InChI=1S/C15H15F2N/c1-10-3-5-14(17)8-15(10)18-9-12-4-6-13(16)7-11(12)2/h3-8,18H,9H2,1-2H3. The van der Waals surface area contributed by atoms with E-state index in [4.69, 9.17) is 0 Å². The highest BCUT2D eigenvalue weighted by Gasteiger charge is 2.03. The Morgan fingerprint density at radius 2 is 1.56 bits per heavy atom. The number of hydrogen-bond donors (Lipinski definition) is 1. The van der Waals surface area contributed by atoms with E-state index in [0.717, 1.165) is 22.4 Å². The van der Waals surface area contributed by atoms with Crippen molar-refractivity contribution >= 4 is 5.69 Å². The van der Waals surface area contributed by atoms with Gasteiger partial charge in [-0.05, 0) is 54.8 Å². The summed E-state index contributed by atoms with van der Waals surface area (Å²) in [6.07, 6.45) is 0. The minimum atomic E-state index is -0.265. The highest BCUT2D eigenvalue weighted by molar-refractivity contribution is 5.51. The summed E-state index contributed by atoms with van der Waals surface area (Å²) in [6, 6.07) is 9.30. The summed E-state index contributed by atoms with van der Waals surface area (Å²) in [5.41, 5.74) is 3.63. The van der Waals surface area contributed by atoms with Crippen molar-refractivity contribution in [2.45, 2.75) is 20.4 Å². The van der Waals surface area contributed by atoms with Gasteiger partial charge in [0.05, 0.1) is 0 Å². The fourth-order valence-electron chi connectivity index (χ4n) is 1.83. The molecule has 0 fully saturated rings. The van der Waals surface area contributed by atoms with Gasteiger partial charge in [-0.25, -0.2) is 8.78 Å². The normalized spacial score (nSPS) is 10.4. The van der Waals surface area contributed by atoms with Gasteiger partial charge < -0.3 is 5.32 Å². The van der Waals surface area contributed by atoms with Crippen LogP contribution in [-0.2, 0) is 6.54 Å². The molecule has 3 heteroatoms. The van der Waals surface area contributed by atoms with Crippen LogP contribution >= 0.6 is 0 Å². The van der Waals surface area contributed by atoms with Crippen LogP contribution in [0.1, 0.15) is 16.7 Å². The molecule has 2 aromatic carbocycles. The fraction of sp³-hybridized carbons (Fsp3) is 0.200. The molecule has 0 spiro atoms. The molecule has 0 heterocycles. The smallest absolute Gasteiger partial charge is 0.125 e. The Morgan fingerprint density at radius 1 is 0.889 bits per heavy atom. The van der Waals surface area contributed by atoms with E-state index in [2.05, 4.69) is 5.32 Å². The number of halogens is 2. The van der Waals surface area contributed by atoms with Crippen LogP contribution in [0.2, 0.25) is 0 Å². The van der Waals surface area contributed by atoms with Crippen molar-refractivity contribution in [2.24, 2.45) is 0 Å². The van der Waals surface area contributed by atoms with E-state index in [1.165, 1.54) is 24.3 Å². The molecule has 0 saturated heterocycles. The van der Waals surface area contributed by atoms with Crippen molar-refractivity contribution in [2.75, 3.05) is 5.32 Å².